The van der Waals surface area contributed by atoms with Crippen molar-refractivity contribution in [1.29, 1.82) is 0 Å². The smallest absolute Gasteiger partial charge is 0.0807 e. The van der Waals surface area contributed by atoms with E-state index in [4.69, 9.17) is 0 Å². The Morgan fingerprint density at radius 2 is 2.08 bits per heavy atom. The molecule has 0 bridgehead atoms. The number of aromatic nitrogens is 1. The van der Waals surface area contributed by atoms with Crippen molar-refractivity contribution in [1.82, 2.24) is 4.98 Å². The Balaban J connectivity index is 2.59. The number of aliphatic imine (C=N–C) groups is 1. The molecular weight excluding hydrogens is 160 g/mol. The minimum absolute atomic E-state index is 0.363. The Hall–Kier alpha value is -1.18. The molecule has 13 heavy (non-hydrogen) atoms. The van der Waals surface area contributed by atoms with Crippen LogP contribution in [-0.4, -0.2) is 17.2 Å². The van der Waals surface area contributed by atoms with Crippen LogP contribution in [0.15, 0.2) is 29.4 Å². The SMILES string of the molecule is CC(C)[C@H](C)/N=C/c1ccccn1. The highest BCUT2D eigenvalue weighted by atomic mass is 14.8. The van der Waals surface area contributed by atoms with Crippen LogP contribution >= 0.6 is 0 Å². The molecule has 0 aliphatic rings. The lowest BCUT2D eigenvalue weighted by Crippen LogP contribution is -2.07. The second kappa shape index (κ2) is 4.75. The first kappa shape index (κ1) is 9.90. The van der Waals surface area contributed by atoms with Gasteiger partial charge >= 0.3 is 0 Å². The van der Waals surface area contributed by atoms with Crippen LogP contribution in [0.5, 0.6) is 0 Å². The minimum atomic E-state index is 0.363. The second-order valence-corrected chi connectivity index (χ2v) is 3.52. The first-order chi connectivity index (χ1) is 6.20. The highest BCUT2D eigenvalue weighted by molar-refractivity contribution is 5.76. The predicted octanol–water partition coefficient (Wildman–Crippen LogP) is 2.55. The Morgan fingerprint density at radius 3 is 2.62 bits per heavy atom. The van der Waals surface area contributed by atoms with Gasteiger partial charge in [0.05, 0.1) is 5.69 Å². The van der Waals surface area contributed by atoms with Crippen molar-refractivity contribution in [3.8, 4) is 0 Å². The molecule has 1 rings (SSSR count). The van der Waals surface area contributed by atoms with Crippen LogP contribution in [0.4, 0.5) is 0 Å². The topological polar surface area (TPSA) is 25.2 Å². The van der Waals surface area contributed by atoms with Gasteiger partial charge in [0.25, 0.3) is 0 Å². The van der Waals surface area contributed by atoms with E-state index in [1.54, 1.807) is 6.20 Å². The lowest BCUT2D eigenvalue weighted by atomic mass is 10.1. The molecule has 0 N–H and O–H groups in total. The summed E-state index contributed by atoms with van der Waals surface area (Å²) in [6, 6.07) is 6.19. The first-order valence-corrected chi connectivity index (χ1v) is 4.64. The van der Waals surface area contributed by atoms with Crippen molar-refractivity contribution >= 4 is 6.21 Å². The average molecular weight is 176 g/mol. The van der Waals surface area contributed by atoms with Crippen molar-refractivity contribution in [2.75, 3.05) is 0 Å². The molecule has 0 saturated carbocycles. The molecule has 0 saturated heterocycles. The van der Waals surface area contributed by atoms with Crippen LogP contribution in [-0.2, 0) is 0 Å². The van der Waals surface area contributed by atoms with Crippen LogP contribution in [0.2, 0.25) is 0 Å². The molecule has 0 fully saturated rings. The van der Waals surface area contributed by atoms with Crippen molar-refractivity contribution in [3.63, 3.8) is 0 Å². The van der Waals surface area contributed by atoms with Crippen LogP contribution in [0.25, 0.3) is 0 Å². The van der Waals surface area contributed by atoms with Crippen molar-refractivity contribution < 1.29 is 0 Å². The molecule has 1 aromatic heterocycles. The molecule has 0 radical (unpaired) electrons. The maximum atomic E-state index is 4.41. The van der Waals surface area contributed by atoms with Crippen molar-refractivity contribution in [2.24, 2.45) is 10.9 Å². The molecule has 0 aliphatic heterocycles. The highest BCUT2D eigenvalue weighted by Crippen LogP contribution is 2.04. The number of pyridine rings is 1. The van der Waals surface area contributed by atoms with Gasteiger partial charge in [-0.05, 0) is 25.0 Å². The van der Waals surface area contributed by atoms with E-state index in [1.165, 1.54) is 0 Å². The molecule has 2 nitrogen and oxygen atoms in total. The Labute approximate surface area is 79.7 Å². The van der Waals surface area contributed by atoms with Crippen LogP contribution in [0.3, 0.4) is 0 Å². The zero-order valence-corrected chi connectivity index (χ0v) is 8.44. The summed E-state index contributed by atoms with van der Waals surface area (Å²) in [4.78, 5) is 8.57. The molecule has 1 heterocycles. The van der Waals surface area contributed by atoms with E-state index in [9.17, 15) is 0 Å². The zero-order chi connectivity index (χ0) is 9.68. The Bertz CT molecular complexity index is 265. The lowest BCUT2D eigenvalue weighted by Gasteiger charge is -2.08. The van der Waals surface area contributed by atoms with Gasteiger partial charge in [-0.25, -0.2) is 0 Å². The summed E-state index contributed by atoms with van der Waals surface area (Å²) in [6.45, 7) is 6.45. The van der Waals surface area contributed by atoms with E-state index in [2.05, 4.69) is 30.7 Å². The first-order valence-electron chi connectivity index (χ1n) is 4.64. The third-order valence-electron chi connectivity index (χ3n) is 2.09. The molecule has 0 amide bonds. The van der Waals surface area contributed by atoms with Gasteiger partial charge < -0.3 is 0 Å². The average Bonchev–Trinajstić information content (AvgIpc) is 2.15. The van der Waals surface area contributed by atoms with E-state index in [0.29, 0.717) is 12.0 Å². The van der Waals surface area contributed by atoms with Gasteiger partial charge in [0.1, 0.15) is 0 Å². The number of hydrogen-bond acceptors (Lipinski definition) is 2. The van der Waals surface area contributed by atoms with Gasteiger partial charge in [0.15, 0.2) is 0 Å². The number of rotatable bonds is 3. The molecule has 1 atom stereocenters. The Kier molecular flexibility index (Phi) is 3.62. The lowest BCUT2D eigenvalue weighted by molar-refractivity contribution is 0.533. The van der Waals surface area contributed by atoms with E-state index >= 15 is 0 Å². The minimum Gasteiger partial charge on any atom is -0.288 e. The van der Waals surface area contributed by atoms with Crippen LogP contribution in [0.1, 0.15) is 26.5 Å². The molecule has 70 valence electrons. The largest absolute Gasteiger partial charge is 0.288 e. The molecule has 0 spiro atoms. The van der Waals surface area contributed by atoms with Crippen molar-refractivity contribution in [2.45, 2.75) is 26.8 Å². The van der Waals surface area contributed by atoms with Gasteiger partial charge in [-0.15, -0.1) is 0 Å². The standard InChI is InChI=1S/C11H16N2/c1-9(2)10(3)13-8-11-6-4-5-7-12-11/h4-10H,1-3H3/b13-8+/t10-/m0/s1. The van der Waals surface area contributed by atoms with E-state index < -0.39 is 0 Å². The molecule has 2 heteroatoms. The summed E-state index contributed by atoms with van der Waals surface area (Å²) in [5, 5.41) is 0. The quantitative estimate of drug-likeness (QED) is 0.650. The van der Waals surface area contributed by atoms with E-state index in [1.807, 2.05) is 24.4 Å². The number of hydrogen-bond donors (Lipinski definition) is 0. The second-order valence-electron chi connectivity index (χ2n) is 3.52. The molecule has 0 unspecified atom stereocenters. The summed E-state index contributed by atoms with van der Waals surface area (Å²) in [5.41, 5.74) is 0.926. The zero-order valence-electron chi connectivity index (χ0n) is 8.44. The molecule has 0 aliphatic carbocycles. The predicted molar refractivity (Wildman–Crippen MR) is 56.1 cm³/mol. The summed E-state index contributed by atoms with van der Waals surface area (Å²) >= 11 is 0. The summed E-state index contributed by atoms with van der Waals surface area (Å²) < 4.78 is 0. The summed E-state index contributed by atoms with van der Waals surface area (Å²) in [5.74, 6) is 0.583. The third kappa shape index (κ3) is 3.36. The number of nitrogens with zero attached hydrogens (tertiary/aromatic N) is 2. The fraction of sp³-hybridized carbons (Fsp3) is 0.455. The van der Waals surface area contributed by atoms with Crippen molar-refractivity contribution in [3.05, 3.63) is 30.1 Å². The third-order valence-corrected chi connectivity index (χ3v) is 2.09. The van der Waals surface area contributed by atoms with E-state index in [-0.39, 0.29) is 0 Å². The Morgan fingerprint density at radius 1 is 1.31 bits per heavy atom. The van der Waals surface area contributed by atoms with Gasteiger partial charge in [-0.1, -0.05) is 19.9 Å². The summed E-state index contributed by atoms with van der Waals surface area (Å²) in [6.07, 6.45) is 3.62. The van der Waals surface area contributed by atoms with Gasteiger partial charge in [0.2, 0.25) is 0 Å². The molecular formula is C11H16N2. The van der Waals surface area contributed by atoms with Crippen LogP contribution in [0, 0.1) is 5.92 Å². The summed E-state index contributed by atoms with van der Waals surface area (Å²) in [7, 11) is 0. The van der Waals surface area contributed by atoms with Gasteiger partial charge in [0, 0.05) is 18.5 Å². The van der Waals surface area contributed by atoms with Crippen LogP contribution < -0.4 is 0 Å². The fourth-order valence-electron chi connectivity index (χ4n) is 0.818. The highest BCUT2D eigenvalue weighted by Gasteiger charge is 2.02. The monoisotopic (exact) mass is 176 g/mol. The van der Waals surface area contributed by atoms with E-state index in [0.717, 1.165) is 5.69 Å². The van der Waals surface area contributed by atoms with Gasteiger partial charge in [-0.3, -0.25) is 9.98 Å². The van der Waals surface area contributed by atoms with Gasteiger partial charge in [-0.2, -0.15) is 0 Å². The molecule has 0 aromatic carbocycles. The normalized spacial score (nSPS) is 13.8. The maximum absolute atomic E-state index is 4.41. The molecule has 1 aromatic rings. The fourth-order valence-corrected chi connectivity index (χ4v) is 0.818. The maximum Gasteiger partial charge on any atom is 0.0807 e.